The van der Waals surface area contributed by atoms with Gasteiger partial charge < -0.3 is 15.8 Å². The van der Waals surface area contributed by atoms with Crippen molar-refractivity contribution in [3.63, 3.8) is 0 Å². The fourth-order valence-electron chi connectivity index (χ4n) is 2.02. The maximum atomic E-state index is 12.0. The van der Waals surface area contributed by atoms with Gasteiger partial charge in [0.2, 0.25) is 5.91 Å². The molecule has 0 saturated carbocycles. The van der Waals surface area contributed by atoms with Crippen molar-refractivity contribution in [3.05, 3.63) is 45.3 Å². The van der Waals surface area contributed by atoms with Crippen molar-refractivity contribution in [2.45, 2.75) is 20.3 Å². The van der Waals surface area contributed by atoms with Crippen LogP contribution in [0.5, 0.6) is 5.75 Å². The molecular formula is C16H17ClN2O3S. The first-order valence-corrected chi connectivity index (χ1v) is 8.16. The molecule has 122 valence electrons. The summed E-state index contributed by atoms with van der Waals surface area (Å²) in [4.78, 5) is 24.5. The standard InChI is InChI=1S/C16H17ClN2O3S/c1-9-10(2)23-16(14(9)15(18)21)19-13(20)7-8-22-12-6-4-3-5-11(12)17/h3-6H,7-8H2,1-2H3,(H2,18,21)(H,19,20). The number of benzene rings is 1. The van der Waals surface area contributed by atoms with Crippen LogP contribution >= 0.6 is 22.9 Å². The summed E-state index contributed by atoms with van der Waals surface area (Å²) in [5, 5.41) is 3.70. The molecule has 0 atom stereocenters. The number of ether oxygens (including phenoxy) is 1. The number of nitrogens with one attached hydrogen (secondary N) is 1. The first-order chi connectivity index (χ1) is 10.9. The summed E-state index contributed by atoms with van der Waals surface area (Å²) in [6.07, 6.45) is 0.138. The van der Waals surface area contributed by atoms with Gasteiger partial charge in [-0.2, -0.15) is 0 Å². The maximum Gasteiger partial charge on any atom is 0.251 e. The Morgan fingerprint density at radius 2 is 2.00 bits per heavy atom. The molecule has 0 saturated heterocycles. The minimum atomic E-state index is -0.547. The lowest BCUT2D eigenvalue weighted by molar-refractivity contribution is -0.116. The molecule has 1 aromatic heterocycles. The topological polar surface area (TPSA) is 81.4 Å². The van der Waals surface area contributed by atoms with Gasteiger partial charge in [0.15, 0.2) is 0 Å². The van der Waals surface area contributed by atoms with Crippen LogP contribution in [0.25, 0.3) is 0 Å². The normalized spacial score (nSPS) is 10.4. The number of hydrogen-bond acceptors (Lipinski definition) is 4. The molecule has 2 amide bonds. The van der Waals surface area contributed by atoms with E-state index in [-0.39, 0.29) is 18.9 Å². The third kappa shape index (κ3) is 4.24. The van der Waals surface area contributed by atoms with Gasteiger partial charge in [-0.1, -0.05) is 23.7 Å². The lowest BCUT2D eigenvalue weighted by Crippen LogP contribution is -2.18. The number of rotatable bonds is 6. The smallest absolute Gasteiger partial charge is 0.251 e. The summed E-state index contributed by atoms with van der Waals surface area (Å²) in [6.45, 7) is 3.87. The largest absolute Gasteiger partial charge is 0.491 e. The number of carbonyl (C=O) groups is 2. The van der Waals surface area contributed by atoms with Crippen LogP contribution in [-0.2, 0) is 4.79 Å². The maximum absolute atomic E-state index is 12.0. The molecule has 5 nitrogen and oxygen atoms in total. The molecule has 3 N–H and O–H groups in total. The molecule has 0 aliphatic carbocycles. The number of nitrogens with two attached hydrogens (primary N) is 1. The summed E-state index contributed by atoms with van der Waals surface area (Å²) in [5.41, 5.74) is 6.54. The zero-order valence-corrected chi connectivity index (χ0v) is 14.4. The molecule has 1 aromatic carbocycles. The number of anilines is 1. The quantitative estimate of drug-likeness (QED) is 0.834. The van der Waals surface area contributed by atoms with Crippen LogP contribution in [0.4, 0.5) is 5.00 Å². The van der Waals surface area contributed by atoms with Gasteiger partial charge in [-0.15, -0.1) is 11.3 Å². The predicted octanol–water partition coefficient (Wildman–Crippen LogP) is 3.52. The highest BCUT2D eigenvalue weighted by atomic mass is 35.5. The average Bonchev–Trinajstić information content (AvgIpc) is 2.75. The van der Waals surface area contributed by atoms with Crippen molar-refractivity contribution in [2.24, 2.45) is 5.73 Å². The van der Waals surface area contributed by atoms with Crippen molar-refractivity contribution in [1.82, 2.24) is 0 Å². The number of para-hydroxylation sites is 1. The Balaban J connectivity index is 1.94. The first-order valence-electron chi connectivity index (χ1n) is 6.97. The molecule has 23 heavy (non-hydrogen) atoms. The second-order valence-electron chi connectivity index (χ2n) is 4.93. The highest BCUT2D eigenvalue weighted by Gasteiger charge is 2.18. The van der Waals surface area contributed by atoms with Crippen LogP contribution in [0.15, 0.2) is 24.3 Å². The van der Waals surface area contributed by atoms with Crippen molar-refractivity contribution >= 4 is 39.8 Å². The summed E-state index contributed by atoms with van der Waals surface area (Å²) < 4.78 is 5.47. The number of halogens is 1. The van der Waals surface area contributed by atoms with Crippen molar-refractivity contribution < 1.29 is 14.3 Å². The molecule has 7 heteroatoms. The molecule has 0 aliphatic heterocycles. The summed E-state index contributed by atoms with van der Waals surface area (Å²) >= 11 is 7.31. The molecular weight excluding hydrogens is 336 g/mol. The van der Waals surface area contributed by atoms with Gasteiger partial charge >= 0.3 is 0 Å². The van der Waals surface area contributed by atoms with Crippen molar-refractivity contribution in [3.8, 4) is 5.75 Å². The third-order valence-electron chi connectivity index (χ3n) is 3.31. The molecule has 0 bridgehead atoms. The highest BCUT2D eigenvalue weighted by Crippen LogP contribution is 2.32. The minimum absolute atomic E-state index is 0.138. The van der Waals surface area contributed by atoms with E-state index in [4.69, 9.17) is 22.1 Å². The Hall–Kier alpha value is -2.05. The fraction of sp³-hybridized carbons (Fsp3) is 0.250. The Morgan fingerprint density at radius 3 is 2.65 bits per heavy atom. The highest BCUT2D eigenvalue weighted by molar-refractivity contribution is 7.16. The second kappa shape index (κ2) is 7.48. The van der Waals surface area contributed by atoms with Gasteiger partial charge in [0.05, 0.1) is 23.6 Å². The van der Waals surface area contributed by atoms with E-state index in [1.807, 2.05) is 13.8 Å². The van der Waals surface area contributed by atoms with Gasteiger partial charge in [0.25, 0.3) is 5.91 Å². The zero-order chi connectivity index (χ0) is 17.0. The van der Waals surface area contributed by atoms with E-state index in [1.54, 1.807) is 24.3 Å². The lowest BCUT2D eigenvalue weighted by atomic mass is 10.1. The monoisotopic (exact) mass is 352 g/mol. The second-order valence-corrected chi connectivity index (χ2v) is 6.56. The van der Waals surface area contributed by atoms with E-state index in [2.05, 4.69) is 5.32 Å². The fourth-order valence-corrected chi connectivity index (χ4v) is 3.29. The van der Waals surface area contributed by atoms with E-state index in [9.17, 15) is 9.59 Å². The number of amides is 2. The molecule has 2 rings (SSSR count). The van der Waals surface area contributed by atoms with Crippen LogP contribution in [0.2, 0.25) is 5.02 Å². The van der Waals surface area contributed by atoms with Gasteiger partial charge in [0, 0.05) is 4.88 Å². The lowest BCUT2D eigenvalue weighted by Gasteiger charge is -2.08. The van der Waals surface area contributed by atoms with Crippen LogP contribution in [0, 0.1) is 13.8 Å². The number of aryl methyl sites for hydroxylation is 1. The van der Waals surface area contributed by atoms with Gasteiger partial charge in [-0.3, -0.25) is 9.59 Å². The molecule has 0 spiro atoms. The number of hydrogen-bond donors (Lipinski definition) is 2. The van der Waals surface area contributed by atoms with E-state index in [0.717, 1.165) is 10.4 Å². The Labute approximate surface area is 143 Å². The molecule has 0 radical (unpaired) electrons. The van der Waals surface area contributed by atoms with Crippen molar-refractivity contribution in [2.75, 3.05) is 11.9 Å². The number of carbonyl (C=O) groups excluding carboxylic acids is 2. The van der Waals surface area contributed by atoms with Crippen LogP contribution in [0.1, 0.15) is 27.2 Å². The Morgan fingerprint density at radius 1 is 1.30 bits per heavy atom. The predicted molar refractivity (Wildman–Crippen MR) is 92.5 cm³/mol. The van der Waals surface area contributed by atoms with E-state index < -0.39 is 5.91 Å². The van der Waals surface area contributed by atoms with Gasteiger partial charge in [-0.25, -0.2) is 0 Å². The van der Waals surface area contributed by atoms with Gasteiger partial charge in [-0.05, 0) is 31.5 Å². The zero-order valence-electron chi connectivity index (χ0n) is 12.8. The molecule has 0 fully saturated rings. The van der Waals surface area contributed by atoms with Crippen LogP contribution in [0.3, 0.4) is 0 Å². The molecule has 0 unspecified atom stereocenters. The number of thiophene rings is 1. The molecule has 2 aromatic rings. The summed E-state index contributed by atoms with van der Waals surface area (Å²) in [5.74, 6) is -0.266. The molecule has 0 aliphatic rings. The summed E-state index contributed by atoms with van der Waals surface area (Å²) in [7, 11) is 0. The first kappa shape index (κ1) is 17.3. The summed E-state index contributed by atoms with van der Waals surface area (Å²) in [6, 6.07) is 7.05. The Bertz CT molecular complexity index is 743. The SMILES string of the molecule is Cc1sc(NC(=O)CCOc2ccccc2Cl)c(C(N)=O)c1C. The van der Waals surface area contributed by atoms with E-state index in [1.165, 1.54) is 11.3 Å². The van der Waals surface area contributed by atoms with Crippen molar-refractivity contribution in [1.29, 1.82) is 0 Å². The van der Waals surface area contributed by atoms with Gasteiger partial charge in [0.1, 0.15) is 10.8 Å². The van der Waals surface area contributed by atoms with Crippen LogP contribution in [-0.4, -0.2) is 18.4 Å². The molecule has 1 heterocycles. The van der Waals surface area contributed by atoms with E-state index in [0.29, 0.717) is 21.3 Å². The third-order valence-corrected chi connectivity index (χ3v) is 4.74. The number of primary amides is 1. The minimum Gasteiger partial charge on any atom is -0.491 e. The van der Waals surface area contributed by atoms with E-state index >= 15 is 0 Å². The van der Waals surface area contributed by atoms with Crippen LogP contribution < -0.4 is 15.8 Å². The average molecular weight is 353 g/mol. The Kier molecular flexibility index (Phi) is 5.63.